The van der Waals surface area contributed by atoms with Crippen LogP contribution in [-0.4, -0.2) is 43.4 Å². The van der Waals surface area contributed by atoms with E-state index in [1.807, 2.05) is 6.92 Å². The molecule has 0 fully saturated rings. The predicted octanol–water partition coefficient (Wildman–Crippen LogP) is 0.250. The Morgan fingerprint density at radius 2 is 2.00 bits per heavy atom. The molecule has 0 aliphatic carbocycles. The minimum atomic E-state index is -1.06. The molecule has 100 valence electrons. The zero-order valence-electron chi connectivity index (χ0n) is 10.5. The fourth-order valence-electron chi connectivity index (χ4n) is 1.70. The number of carboxylic acids is 1. The molecule has 0 rings (SSSR count). The van der Waals surface area contributed by atoms with Crippen LogP contribution in [0.15, 0.2) is 0 Å². The zero-order valence-corrected chi connectivity index (χ0v) is 10.5. The van der Waals surface area contributed by atoms with Crippen LogP contribution in [0.1, 0.15) is 20.3 Å². The second kappa shape index (κ2) is 8.03. The van der Waals surface area contributed by atoms with Crippen LogP contribution in [0, 0.1) is 11.8 Å². The van der Waals surface area contributed by atoms with Crippen molar-refractivity contribution < 1.29 is 24.2 Å². The van der Waals surface area contributed by atoms with E-state index in [2.05, 4.69) is 0 Å². The van der Waals surface area contributed by atoms with Gasteiger partial charge in [0.2, 0.25) is 0 Å². The van der Waals surface area contributed by atoms with Crippen LogP contribution in [0.4, 0.5) is 0 Å². The third-order valence-corrected chi connectivity index (χ3v) is 2.66. The number of methoxy groups -OCH3 is 1. The van der Waals surface area contributed by atoms with Gasteiger partial charge in [0.1, 0.15) is 6.61 Å². The Morgan fingerprint density at radius 3 is 2.35 bits per heavy atom. The van der Waals surface area contributed by atoms with Gasteiger partial charge >= 0.3 is 11.9 Å². The molecule has 0 aromatic carbocycles. The Morgan fingerprint density at radius 1 is 1.41 bits per heavy atom. The predicted molar refractivity (Wildman–Crippen MR) is 61.4 cm³/mol. The highest BCUT2D eigenvalue weighted by Gasteiger charge is 2.37. The Hall–Kier alpha value is -1.14. The van der Waals surface area contributed by atoms with E-state index in [0.29, 0.717) is 6.42 Å². The maximum absolute atomic E-state index is 11.6. The summed E-state index contributed by atoms with van der Waals surface area (Å²) in [6.07, 6.45) is 0.00930. The maximum atomic E-state index is 11.6. The van der Waals surface area contributed by atoms with Gasteiger partial charge in [-0.1, -0.05) is 13.8 Å². The van der Waals surface area contributed by atoms with Crippen molar-refractivity contribution in [1.29, 1.82) is 0 Å². The maximum Gasteiger partial charge on any atom is 0.310 e. The molecule has 0 aromatic rings. The third kappa shape index (κ3) is 4.70. The summed E-state index contributed by atoms with van der Waals surface area (Å²) in [5, 5.41) is 9.14. The number of ether oxygens (including phenoxy) is 2. The summed E-state index contributed by atoms with van der Waals surface area (Å²) in [6.45, 7) is 3.65. The van der Waals surface area contributed by atoms with Gasteiger partial charge in [-0.2, -0.15) is 0 Å². The van der Waals surface area contributed by atoms with Crippen LogP contribution < -0.4 is 5.73 Å². The minimum absolute atomic E-state index is 0.0965. The van der Waals surface area contributed by atoms with E-state index in [1.165, 1.54) is 14.0 Å². The fourth-order valence-corrected chi connectivity index (χ4v) is 1.70. The molecule has 0 saturated carbocycles. The number of hydrogen-bond acceptors (Lipinski definition) is 5. The molecule has 0 amide bonds. The lowest BCUT2D eigenvalue weighted by molar-refractivity contribution is -0.162. The highest BCUT2D eigenvalue weighted by Crippen LogP contribution is 2.22. The number of nitrogens with two attached hydrogens (primary N) is 1. The lowest BCUT2D eigenvalue weighted by Crippen LogP contribution is -2.39. The smallest absolute Gasteiger partial charge is 0.310 e. The molecule has 17 heavy (non-hydrogen) atoms. The summed E-state index contributed by atoms with van der Waals surface area (Å²) in [5.74, 6) is -3.28. The Bertz CT molecular complexity index is 252. The standard InChI is InChI=1S/C11H21NO5/c1-4-8(16-3)9(10(13)14)7(2)11(15)17-6-5-12/h7-9H,4-6,12H2,1-3H3,(H,13,14). The topological polar surface area (TPSA) is 98.8 Å². The highest BCUT2D eigenvalue weighted by molar-refractivity contribution is 5.81. The fraction of sp³-hybridized carbons (Fsp3) is 0.818. The molecule has 0 aliphatic heterocycles. The molecule has 0 saturated heterocycles. The van der Waals surface area contributed by atoms with Crippen molar-refractivity contribution in [2.24, 2.45) is 17.6 Å². The molecule has 0 bridgehead atoms. The first-order chi connectivity index (χ1) is 7.99. The van der Waals surface area contributed by atoms with E-state index in [1.54, 1.807) is 0 Å². The van der Waals surface area contributed by atoms with Gasteiger partial charge in [-0.15, -0.1) is 0 Å². The van der Waals surface area contributed by atoms with Crippen molar-refractivity contribution in [3.8, 4) is 0 Å². The molecule has 0 spiro atoms. The minimum Gasteiger partial charge on any atom is -0.481 e. The molecule has 3 atom stereocenters. The average Bonchev–Trinajstić information content (AvgIpc) is 2.31. The molecular formula is C11H21NO5. The molecule has 0 heterocycles. The van der Waals surface area contributed by atoms with Crippen LogP contribution in [0.2, 0.25) is 0 Å². The molecule has 3 unspecified atom stereocenters. The van der Waals surface area contributed by atoms with Crippen molar-refractivity contribution in [3.63, 3.8) is 0 Å². The van der Waals surface area contributed by atoms with Crippen molar-refractivity contribution >= 4 is 11.9 Å². The van der Waals surface area contributed by atoms with Gasteiger partial charge < -0.3 is 20.3 Å². The lowest BCUT2D eigenvalue weighted by atomic mass is 9.87. The molecule has 0 aromatic heterocycles. The summed E-state index contributed by atoms with van der Waals surface area (Å²) in [5.41, 5.74) is 5.21. The van der Waals surface area contributed by atoms with Gasteiger partial charge in [-0.05, 0) is 6.42 Å². The lowest BCUT2D eigenvalue weighted by Gasteiger charge is -2.25. The first kappa shape index (κ1) is 15.9. The van der Waals surface area contributed by atoms with E-state index in [-0.39, 0.29) is 13.2 Å². The van der Waals surface area contributed by atoms with E-state index in [4.69, 9.17) is 20.3 Å². The van der Waals surface area contributed by atoms with Gasteiger partial charge in [-0.25, -0.2) is 0 Å². The largest absolute Gasteiger partial charge is 0.481 e. The number of carbonyl (C=O) groups is 2. The number of hydrogen-bond donors (Lipinski definition) is 2. The van der Waals surface area contributed by atoms with Crippen molar-refractivity contribution in [3.05, 3.63) is 0 Å². The van der Waals surface area contributed by atoms with Crippen LogP contribution in [-0.2, 0) is 19.1 Å². The molecule has 6 nitrogen and oxygen atoms in total. The summed E-state index contributed by atoms with van der Waals surface area (Å²) < 4.78 is 9.93. The number of aliphatic carboxylic acids is 1. The average molecular weight is 247 g/mol. The summed E-state index contributed by atoms with van der Waals surface area (Å²) in [4.78, 5) is 22.8. The monoisotopic (exact) mass is 247 g/mol. The number of esters is 1. The van der Waals surface area contributed by atoms with E-state index in [0.717, 1.165) is 0 Å². The number of carboxylic acid groups (broad SMARTS) is 1. The molecule has 6 heteroatoms. The van der Waals surface area contributed by atoms with Crippen LogP contribution in [0.5, 0.6) is 0 Å². The van der Waals surface area contributed by atoms with Gasteiger partial charge in [0.05, 0.1) is 17.9 Å². The Kier molecular flexibility index (Phi) is 7.49. The van der Waals surface area contributed by atoms with Crippen LogP contribution in [0.3, 0.4) is 0 Å². The van der Waals surface area contributed by atoms with Gasteiger partial charge in [-0.3, -0.25) is 9.59 Å². The second-order valence-corrected chi connectivity index (χ2v) is 3.79. The summed E-state index contributed by atoms with van der Waals surface area (Å²) in [7, 11) is 1.43. The van der Waals surface area contributed by atoms with Crippen LogP contribution in [0.25, 0.3) is 0 Å². The van der Waals surface area contributed by atoms with Crippen molar-refractivity contribution in [2.45, 2.75) is 26.4 Å². The SMILES string of the molecule is CCC(OC)C(C(=O)O)C(C)C(=O)OCCN. The first-order valence-electron chi connectivity index (χ1n) is 5.61. The number of carbonyl (C=O) groups excluding carboxylic acids is 1. The van der Waals surface area contributed by atoms with Gasteiger partial charge in [0.25, 0.3) is 0 Å². The quantitative estimate of drug-likeness (QED) is 0.596. The van der Waals surface area contributed by atoms with Crippen LogP contribution >= 0.6 is 0 Å². The Balaban J connectivity index is 4.69. The van der Waals surface area contributed by atoms with Gasteiger partial charge in [0.15, 0.2) is 0 Å². The van der Waals surface area contributed by atoms with E-state index < -0.39 is 29.9 Å². The summed E-state index contributed by atoms with van der Waals surface area (Å²) >= 11 is 0. The Labute approximate surface area is 101 Å². The zero-order chi connectivity index (χ0) is 13.4. The summed E-state index contributed by atoms with van der Waals surface area (Å²) in [6, 6.07) is 0. The van der Waals surface area contributed by atoms with Gasteiger partial charge in [0, 0.05) is 13.7 Å². The normalized spacial score (nSPS) is 16.0. The first-order valence-corrected chi connectivity index (χ1v) is 5.61. The molecule has 0 aliphatic rings. The molecule has 3 N–H and O–H groups in total. The highest BCUT2D eigenvalue weighted by atomic mass is 16.5. The van der Waals surface area contributed by atoms with Crippen molar-refractivity contribution in [2.75, 3.05) is 20.3 Å². The number of rotatable bonds is 8. The molecule has 0 radical (unpaired) electrons. The molecular weight excluding hydrogens is 226 g/mol. The second-order valence-electron chi connectivity index (χ2n) is 3.79. The third-order valence-electron chi connectivity index (χ3n) is 2.66. The van der Waals surface area contributed by atoms with Crippen molar-refractivity contribution in [1.82, 2.24) is 0 Å². The van der Waals surface area contributed by atoms with E-state index >= 15 is 0 Å². The van der Waals surface area contributed by atoms with E-state index in [9.17, 15) is 9.59 Å².